The summed E-state index contributed by atoms with van der Waals surface area (Å²) in [6.07, 6.45) is 0.444. The van der Waals surface area contributed by atoms with Crippen molar-refractivity contribution in [2.75, 3.05) is 0 Å². The maximum Gasteiger partial charge on any atom is 0.320 e. The molecule has 1 rings (SSSR count). The molecule has 1 heterocycles. The first kappa shape index (κ1) is 6.51. The molecule has 1 saturated heterocycles. The third kappa shape index (κ3) is 1.40. The molecule has 1 fully saturated rings. The largest absolute Gasteiger partial charge is 0.480 e. The van der Waals surface area contributed by atoms with Crippen molar-refractivity contribution < 1.29 is 15.0 Å². The summed E-state index contributed by atoms with van der Waals surface area (Å²) in [7, 11) is 0. The zero-order valence-corrected chi connectivity index (χ0v) is 4.87. The Morgan fingerprint density at radius 2 is 2.22 bits per heavy atom. The first-order chi connectivity index (χ1) is 4.20. The number of aliphatic hydroxyl groups excluding tert-OH is 1. The molecular formula is C5H9NO3. The van der Waals surface area contributed by atoms with Crippen molar-refractivity contribution in [3.05, 3.63) is 0 Å². The van der Waals surface area contributed by atoms with Gasteiger partial charge >= 0.3 is 5.97 Å². The Morgan fingerprint density at radius 3 is 2.44 bits per heavy atom. The van der Waals surface area contributed by atoms with Crippen LogP contribution in [0.2, 0.25) is 0 Å². The molecule has 0 amide bonds. The zero-order valence-electron chi connectivity index (χ0n) is 4.87. The van der Waals surface area contributed by atoms with E-state index in [-0.39, 0.29) is 0 Å². The molecule has 0 aromatic heterocycles. The van der Waals surface area contributed by atoms with Gasteiger partial charge in [0, 0.05) is 0 Å². The van der Waals surface area contributed by atoms with E-state index in [2.05, 4.69) is 5.32 Å². The van der Waals surface area contributed by atoms with Crippen LogP contribution in [0.15, 0.2) is 0 Å². The SMILES string of the molecule is O=C(O)[C@H]1CC[C@H](O)N1. The Morgan fingerprint density at radius 1 is 1.56 bits per heavy atom. The molecule has 4 nitrogen and oxygen atoms in total. The van der Waals surface area contributed by atoms with Crippen LogP contribution < -0.4 is 5.32 Å². The monoisotopic (exact) mass is 131 g/mol. The summed E-state index contributed by atoms with van der Waals surface area (Å²) in [6.45, 7) is 0. The van der Waals surface area contributed by atoms with Crippen molar-refractivity contribution in [1.29, 1.82) is 0 Å². The zero-order chi connectivity index (χ0) is 6.85. The van der Waals surface area contributed by atoms with E-state index in [1.807, 2.05) is 0 Å². The Labute approximate surface area is 52.5 Å². The molecule has 0 radical (unpaired) electrons. The van der Waals surface area contributed by atoms with E-state index in [4.69, 9.17) is 10.2 Å². The average molecular weight is 131 g/mol. The predicted molar refractivity (Wildman–Crippen MR) is 29.8 cm³/mol. The van der Waals surface area contributed by atoms with Crippen molar-refractivity contribution in [3.63, 3.8) is 0 Å². The fourth-order valence-corrected chi connectivity index (χ4v) is 0.918. The van der Waals surface area contributed by atoms with Crippen molar-refractivity contribution in [1.82, 2.24) is 5.32 Å². The number of hydrogen-bond donors (Lipinski definition) is 3. The number of aliphatic carboxylic acids is 1. The second kappa shape index (κ2) is 2.33. The molecule has 0 aromatic carbocycles. The summed E-state index contributed by atoms with van der Waals surface area (Å²) in [5.74, 6) is -0.883. The third-order valence-corrected chi connectivity index (χ3v) is 1.42. The molecule has 2 atom stereocenters. The molecule has 3 N–H and O–H groups in total. The highest BCUT2D eigenvalue weighted by Gasteiger charge is 2.26. The fraction of sp³-hybridized carbons (Fsp3) is 0.800. The molecule has 0 saturated carbocycles. The van der Waals surface area contributed by atoms with E-state index >= 15 is 0 Å². The maximum atomic E-state index is 10.2. The lowest BCUT2D eigenvalue weighted by molar-refractivity contribution is -0.139. The molecule has 9 heavy (non-hydrogen) atoms. The van der Waals surface area contributed by atoms with Crippen LogP contribution in [0.1, 0.15) is 12.8 Å². The number of carboxylic acid groups (broad SMARTS) is 1. The first-order valence-corrected chi connectivity index (χ1v) is 2.87. The quantitative estimate of drug-likeness (QED) is 0.433. The molecule has 0 aliphatic carbocycles. The smallest absolute Gasteiger partial charge is 0.320 e. The van der Waals surface area contributed by atoms with Gasteiger partial charge in [0.05, 0.1) is 0 Å². The summed E-state index contributed by atoms with van der Waals surface area (Å²) in [5.41, 5.74) is 0. The third-order valence-electron chi connectivity index (χ3n) is 1.42. The van der Waals surface area contributed by atoms with Crippen molar-refractivity contribution >= 4 is 5.97 Å². The average Bonchev–Trinajstić information content (AvgIpc) is 2.14. The maximum absolute atomic E-state index is 10.2. The summed E-state index contributed by atoms with van der Waals surface area (Å²) < 4.78 is 0. The molecule has 0 bridgehead atoms. The van der Waals surface area contributed by atoms with Crippen molar-refractivity contribution in [2.24, 2.45) is 0 Å². The lowest BCUT2D eigenvalue weighted by atomic mass is 10.2. The van der Waals surface area contributed by atoms with Crippen molar-refractivity contribution in [3.8, 4) is 0 Å². The topological polar surface area (TPSA) is 69.6 Å². The van der Waals surface area contributed by atoms with Crippen LogP contribution in [-0.2, 0) is 4.79 Å². The minimum absolute atomic E-state index is 0.524. The standard InChI is InChI=1S/C5H9NO3/c7-4-2-1-3(6-4)5(8)9/h3-4,6-7H,1-2H2,(H,8,9)/t3-,4+/m1/s1. The molecule has 0 aromatic rings. The number of hydrogen-bond acceptors (Lipinski definition) is 3. The Hall–Kier alpha value is -0.610. The second-order valence-corrected chi connectivity index (χ2v) is 2.15. The molecule has 1 aliphatic heterocycles. The van der Waals surface area contributed by atoms with E-state index in [1.54, 1.807) is 0 Å². The van der Waals surface area contributed by atoms with Crippen LogP contribution >= 0.6 is 0 Å². The van der Waals surface area contributed by atoms with Gasteiger partial charge in [-0.15, -0.1) is 0 Å². The van der Waals surface area contributed by atoms with Gasteiger partial charge in [-0.05, 0) is 12.8 Å². The first-order valence-electron chi connectivity index (χ1n) is 2.87. The van der Waals surface area contributed by atoms with Crippen LogP contribution in [0.4, 0.5) is 0 Å². The lowest BCUT2D eigenvalue weighted by Gasteiger charge is -2.03. The lowest BCUT2D eigenvalue weighted by Crippen LogP contribution is -2.34. The number of carboxylic acids is 1. The van der Waals surface area contributed by atoms with Gasteiger partial charge in [0.1, 0.15) is 12.3 Å². The van der Waals surface area contributed by atoms with E-state index < -0.39 is 18.2 Å². The number of rotatable bonds is 1. The van der Waals surface area contributed by atoms with Gasteiger partial charge in [0.2, 0.25) is 0 Å². The molecule has 1 aliphatic rings. The van der Waals surface area contributed by atoms with Gasteiger partial charge in [-0.2, -0.15) is 0 Å². The Bertz CT molecular complexity index is 125. The van der Waals surface area contributed by atoms with Crippen LogP contribution in [0.3, 0.4) is 0 Å². The molecule has 4 heteroatoms. The summed E-state index contributed by atoms with van der Waals surface area (Å²) in [6, 6.07) is -0.542. The van der Waals surface area contributed by atoms with Crippen LogP contribution in [-0.4, -0.2) is 28.5 Å². The molecule has 0 unspecified atom stereocenters. The highest BCUT2D eigenvalue weighted by Crippen LogP contribution is 2.09. The number of nitrogens with one attached hydrogen (secondary N) is 1. The summed E-state index contributed by atoms with van der Waals surface area (Å²) in [4.78, 5) is 10.2. The van der Waals surface area contributed by atoms with E-state index in [9.17, 15) is 4.79 Å². The fourth-order valence-electron chi connectivity index (χ4n) is 0.918. The normalized spacial score (nSPS) is 34.8. The van der Waals surface area contributed by atoms with E-state index in [0.717, 1.165) is 0 Å². The van der Waals surface area contributed by atoms with Gasteiger partial charge in [-0.1, -0.05) is 0 Å². The predicted octanol–water partition coefficient (Wildman–Crippen LogP) is -0.859. The molecule has 0 spiro atoms. The minimum Gasteiger partial charge on any atom is -0.480 e. The minimum atomic E-state index is -0.883. The summed E-state index contributed by atoms with van der Waals surface area (Å²) in [5, 5.41) is 19.6. The van der Waals surface area contributed by atoms with Crippen LogP contribution in [0.25, 0.3) is 0 Å². The van der Waals surface area contributed by atoms with Gasteiger partial charge in [-0.3, -0.25) is 10.1 Å². The van der Waals surface area contributed by atoms with Crippen LogP contribution in [0, 0.1) is 0 Å². The second-order valence-electron chi connectivity index (χ2n) is 2.15. The van der Waals surface area contributed by atoms with Crippen molar-refractivity contribution in [2.45, 2.75) is 25.1 Å². The van der Waals surface area contributed by atoms with Gasteiger partial charge in [-0.25, -0.2) is 0 Å². The highest BCUT2D eigenvalue weighted by molar-refractivity contribution is 5.73. The van der Waals surface area contributed by atoms with Gasteiger partial charge < -0.3 is 10.2 Å². The van der Waals surface area contributed by atoms with Crippen LogP contribution in [0.5, 0.6) is 0 Å². The van der Waals surface area contributed by atoms with E-state index in [1.165, 1.54) is 0 Å². The van der Waals surface area contributed by atoms with Gasteiger partial charge in [0.25, 0.3) is 0 Å². The van der Waals surface area contributed by atoms with Gasteiger partial charge in [0.15, 0.2) is 0 Å². The Kier molecular flexibility index (Phi) is 1.68. The van der Waals surface area contributed by atoms with E-state index in [0.29, 0.717) is 12.8 Å². The number of aliphatic hydroxyl groups is 1. The Balaban J connectivity index is 2.39. The highest BCUT2D eigenvalue weighted by atomic mass is 16.4. The summed E-state index contributed by atoms with van der Waals surface area (Å²) >= 11 is 0. The molecular weight excluding hydrogens is 122 g/mol. The number of carbonyl (C=O) groups is 1. The molecule has 52 valence electrons.